The molecule has 1 heterocycles. The van der Waals surface area contributed by atoms with Crippen LogP contribution < -0.4 is 10.0 Å². The molecule has 0 aliphatic carbocycles. The molecule has 2 N–H and O–H groups in total. The van der Waals surface area contributed by atoms with Crippen LogP contribution >= 0.6 is 0 Å². The standard InChI is InChI=1S/C25H33N3O5S/c1-17-10-11-20(34(31,32)27-22-9-7-6-8-18(22)2)16-21(17)23(29)26-19-12-14-28(15-13-19)24(30)33-25(3,4)5/h6-11,16,19,27H,12-15H2,1-5H3,(H,26,29). The molecule has 0 radical (unpaired) electrons. The van der Waals surface area contributed by atoms with E-state index in [9.17, 15) is 18.0 Å². The van der Waals surface area contributed by atoms with Crippen molar-refractivity contribution in [3.63, 3.8) is 0 Å². The third-order valence-electron chi connectivity index (χ3n) is 5.64. The zero-order valence-electron chi connectivity index (χ0n) is 20.3. The number of ether oxygens (including phenoxy) is 1. The third-order valence-corrected chi connectivity index (χ3v) is 7.00. The number of piperidine rings is 1. The molecule has 2 aromatic rings. The van der Waals surface area contributed by atoms with Crippen LogP contribution in [0.1, 0.15) is 55.1 Å². The lowest BCUT2D eigenvalue weighted by atomic mass is 10.0. The number of nitrogens with one attached hydrogen (secondary N) is 2. The molecule has 2 aromatic carbocycles. The van der Waals surface area contributed by atoms with Gasteiger partial charge in [0, 0.05) is 24.7 Å². The highest BCUT2D eigenvalue weighted by molar-refractivity contribution is 7.92. The normalized spacial score (nSPS) is 15.0. The number of benzene rings is 2. The van der Waals surface area contributed by atoms with Gasteiger partial charge in [-0.05, 0) is 76.8 Å². The van der Waals surface area contributed by atoms with Crippen LogP contribution in [0.2, 0.25) is 0 Å². The number of amides is 2. The molecule has 34 heavy (non-hydrogen) atoms. The van der Waals surface area contributed by atoms with Gasteiger partial charge in [0.25, 0.3) is 15.9 Å². The van der Waals surface area contributed by atoms with E-state index in [1.165, 1.54) is 12.1 Å². The van der Waals surface area contributed by atoms with Gasteiger partial charge in [-0.25, -0.2) is 13.2 Å². The van der Waals surface area contributed by atoms with Crippen LogP contribution in [-0.4, -0.2) is 50.1 Å². The number of likely N-dealkylation sites (tertiary alicyclic amines) is 1. The molecule has 3 rings (SSSR count). The van der Waals surface area contributed by atoms with E-state index >= 15 is 0 Å². The first-order valence-electron chi connectivity index (χ1n) is 11.3. The molecular weight excluding hydrogens is 454 g/mol. The average Bonchev–Trinajstić information content (AvgIpc) is 2.74. The Hall–Kier alpha value is -3.07. The number of nitrogens with zero attached hydrogens (tertiary/aromatic N) is 1. The van der Waals surface area contributed by atoms with Gasteiger partial charge in [-0.15, -0.1) is 0 Å². The summed E-state index contributed by atoms with van der Waals surface area (Å²) in [5.41, 5.74) is 1.72. The first-order valence-corrected chi connectivity index (χ1v) is 12.8. The van der Waals surface area contributed by atoms with E-state index in [2.05, 4.69) is 10.0 Å². The second kappa shape index (κ2) is 10.0. The third kappa shape index (κ3) is 6.50. The lowest BCUT2D eigenvalue weighted by molar-refractivity contribution is 0.0199. The van der Waals surface area contributed by atoms with Crippen molar-refractivity contribution in [2.45, 2.75) is 64.0 Å². The Balaban J connectivity index is 1.66. The van der Waals surface area contributed by atoms with Gasteiger partial charge in [-0.3, -0.25) is 9.52 Å². The predicted octanol–water partition coefficient (Wildman–Crippen LogP) is 4.23. The van der Waals surface area contributed by atoms with Crippen LogP contribution in [-0.2, 0) is 14.8 Å². The Labute approximate surface area is 201 Å². The zero-order valence-corrected chi connectivity index (χ0v) is 21.2. The Morgan fingerprint density at radius 2 is 1.65 bits per heavy atom. The monoisotopic (exact) mass is 487 g/mol. The topological polar surface area (TPSA) is 105 Å². The molecule has 1 saturated heterocycles. The number of anilines is 1. The fourth-order valence-corrected chi connectivity index (χ4v) is 4.86. The van der Waals surface area contributed by atoms with E-state index in [4.69, 9.17) is 4.74 Å². The van der Waals surface area contributed by atoms with Gasteiger partial charge < -0.3 is 15.0 Å². The van der Waals surface area contributed by atoms with Gasteiger partial charge in [-0.2, -0.15) is 0 Å². The minimum absolute atomic E-state index is 0.0197. The van der Waals surface area contributed by atoms with Gasteiger partial charge >= 0.3 is 6.09 Å². The fraction of sp³-hybridized carbons (Fsp3) is 0.440. The van der Waals surface area contributed by atoms with Gasteiger partial charge in [0.2, 0.25) is 0 Å². The molecule has 1 aliphatic heterocycles. The molecule has 0 unspecified atom stereocenters. The van der Waals surface area contributed by atoms with Crippen molar-refractivity contribution in [1.82, 2.24) is 10.2 Å². The van der Waals surface area contributed by atoms with Crippen molar-refractivity contribution in [2.75, 3.05) is 17.8 Å². The van der Waals surface area contributed by atoms with Gasteiger partial charge in [-0.1, -0.05) is 24.3 Å². The molecule has 0 atom stereocenters. The number of carbonyl (C=O) groups is 2. The molecule has 0 bridgehead atoms. The summed E-state index contributed by atoms with van der Waals surface area (Å²) in [4.78, 5) is 26.9. The molecular formula is C25H33N3O5S. The smallest absolute Gasteiger partial charge is 0.410 e. The number of para-hydroxylation sites is 1. The second-order valence-electron chi connectivity index (χ2n) is 9.61. The molecule has 2 amide bonds. The van der Waals surface area contributed by atoms with Crippen LogP contribution in [0.3, 0.4) is 0 Å². The van der Waals surface area contributed by atoms with Crippen LogP contribution in [0.25, 0.3) is 0 Å². The largest absolute Gasteiger partial charge is 0.444 e. The Bertz CT molecular complexity index is 1160. The summed E-state index contributed by atoms with van der Waals surface area (Å²) in [6.45, 7) is 10.0. The van der Waals surface area contributed by atoms with E-state index in [1.807, 2.05) is 39.8 Å². The Morgan fingerprint density at radius 1 is 1.00 bits per heavy atom. The van der Waals surface area contributed by atoms with E-state index in [0.717, 1.165) is 5.56 Å². The molecule has 1 aliphatic rings. The van der Waals surface area contributed by atoms with E-state index < -0.39 is 15.6 Å². The second-order valence-corrected chi connectivity index (χ2v) is 11.3. The maximum absolute atomic E-state index is 13.0. The minimum atomic E-state index is -3.86. The van der Waals surface area contributed by atoms with Crippen molar-refractivity contribution in [2.24, 2.45) is 0 Å². The number of hydrogen-bond acceptors (Lipinski definition) is 5. The maximum Gasteiger partial charge on any atom is 0.410 e. The van der Waals surface area contributed by atoms with Crippen LogP contribution in [0.5, 0.6) is 0 Å². The molecule has 184 valence electrons. The summed E-state index contributed by atoms with van der Waals surface area (Å²) in [5.74, 6) is -0.332. The van der Waals surface area contributed by atoms with Gasteiger partial charge in [0.05, 0.1) is 10.6 Å². The quantitative estimate of drug-likeness (QED) is 0.657. The van der Waals surface area contributed by atoms with E-state index in [1.54, 1.807) is 30.0 Å². The first kappa shape index (κ1) is 25.6. The predicted molar refractivity (Wildman–Crippen MR) is 131 cm³/mol. The average molecular weight is 488 g/mol. The summed E-state index contributed by atoms with van der Waals surface area (Å²) in [6.07, 6.45) is 0.834. The van der Waals surface area contributed by atoms with E-state index in [-0.39, 0.29) is 22.9 Å². The zero-order chi connectivity index (χ0) is 25.1. The molecule has 0 saturated carbocycles. The highest BCUT2D eigenvalue weighted by atomic mass is 32.2. The molecule has 1 fully saturated rings. The summed E-state index contributed by atoms with van der Waals surface area (Å²) < 4.78 is 33.9. The van der Waals surface area contributed by atoms with Crippen molar-refractivity contribution in [3.05, 3.63) is 59.2 Å². The van der Waals surface area contributed by atoms with Gasteiger partial charge in [0.15, 0.2) is 0 Å². The SMILES string of the molecule is Cc1ccccc1NS(=O)(=O)c1ccc(C)c(C(=O)NC2CCN(C(=O)OC(C)(C)C)CC2)c1. The van der Waals surface area contributed by atoms with E-state index in [0.29, 0.717) is 42.7 Å². The highest BCUT2D eigenvalue weighted by Gasteiger charge is 2.28. The fourth-order valence-electron chi connectivity index (χ4n) is 3.70. The number of aryl methyl sites for hydroxylation is 2. The van der Waals surface area contributed by atoms with Crippen molar-refractivity contribution < 1.29 is 22.7 Å². The van der Waals surface area contributed by atoms with Crippen LogP contribution in [0, 0.1) is 13.8 Å². The molecule has 8 nitrogen and oxygen atoms in total. The lowest BCUT2D eigenvalue weighted by Crippen LogP contribution is -2.47. The van der Waals surface area contributed by atoms with Crippen LogP contribution in [0.4, 0.5) is 10.5 Å². The number of sulfonamides is 1. The summed E-state index contributed by atoms with van der Waals surface area (Å²) >= 11 is 0. The summed E-state index contributed by atoms with van der Waals surface area (Å²) in [7, 11) is -3.86. The summed E-state index contributed by atoms with van der Waals surface area (Å²) in [5, 5.41) is 2.99. The minimum Gasteiger partial charge on any atom is -0.444 e. The lowest BCUT2D eigenvalue weighted by Gasteiger charge is -2.33. The maximum atomic E-state index is 13.0. The Kier molecular flexibility index (Phi) is 7.55. The van der Waals surface area contributed by atoms with Crippen LogP contribution in [0.15, 0.2) is 47.4 Å². The van der Waals surface area contributed by atoms with Crippen molar-refractivity contribution >= 4 is 27.7 Å². The number of hydrogen-bond donors (Lipinski definition) is 2. The highest BCUT2D eigenvalue weighted by Crippen LogP contribution is 2.22. The van der Waals surface area contributed by atoms with Crippen molar-refractivity contribution in [1.29, 1.82) is 0 Å². The van der Waals surface area contributed by atoms with Crippen molar-refractivity contribution in [3.8, 4) is 0 Å². The van der Waals surface area contributed by atoms with Gasteiger partial charge in [0.1, 0.15) is 5.60 Å². The number of carbonyl (C=O) groups excluding carboxylic acids is 2. The summed E-state index contributed by atoms with van der Waals surface area (Å²) in [6, 6.07) is 11.5. The number of rotatable bonds is 5. The molecule has 0 aromatic heterocycles. The first-order chi connectivity index (χ1) is 15.9. The molecule has 0 spiro atoms. The Morgan fingerprint density at radius 3 is 2.26 bits per heavy atom. The molecule has 9 heteroatoms.